The minimum atomic E-state index is -0.135. The third-order valence-electron chi connectivity index (χ3n) is 4.09. The lowest BCUT2D eigenvalue weighted by Crippen LogP contribution is -2.40. The molecular weight excluding hydrogens is 324 g/mol. The highest BCUT2D eigenvalue weighted by Crippen LogP contribution is 2.31. The summed E-state index contributed by atoms with van der Waals surface area (Å²) in [5.41, 5.74) is 8.03. The summed E-state index contributed by atoms with van der Waals surface area (Å²) < 4.78 is 5.71. The molecule has 0 saturated heterocycles. The number of nitrogens with two attached hydrogens (primary N) is 1. The summed E-state index contributed by atoms with van der Waals surface area (Å²) in [7, 11) is 0. The monoisotopic (exact) mass is 346 g/mol. The van der Waals surface area contributed by atoms with Crippen molar-refractivity contribution in [1.82, 2.24) is 5.32 Å². The first-order chi connectivity index (χ1) is 11.2. The molecule has 1 unspecified atom stereocenters. The van der Waals surface area contributed by atoms with Gasteiger partial charge in [-0.05, 0) is 30.4 Å². The fourth-order valence-corrected chi connectivity index (χ4v) is 2.57. The van der Waals surface area contributed by atoms with Crippen LogP contribution in [-0.2, 0) is 4.79 Å². The van der Waals surface area contributed by atoms with Crippen molar-refractivity contribution in [2.45, 2.75) is 18.9 Å². The first-order valence-electron chi connectivity index (χ1n) is 8.03. The van der Waals surface area contributed by atoms with Gasteiger partial charge in [-0.15, -0.1) is 12.4 Å². The molecule has 1 saturated carbocycles. The van der Waals surface area contributed by atoms with Gasteiger partial charge in [-0.1, -0.05) is 48.5 Å². The topological polar surface area (TPSA) is 64.3 Å². The fourth-order valence-electron chi connectivity index (χ4n) is 2.57. The highest BCUT2D eigenvalue weighted by Gasteiger charge is 2.28. The van der Waals surface area contributed by atoms with Gasteiger partial charge in [-0.25, -0.2) is 0 Å². The molecule has 128 valence electrons. The van der Waals surface area contributed by atoms with E-state index in [9.17, 15) is 4.79 Å². The molecule has 0 aromatic heterocycles. The number of para-hydroxylation sites is 1. The van der Waals surface area contributed by atoms with E-state index < -0.39 is 0 Å². The molecule has 0 radical (unpaired) electrons. The molecule has 0 bridgehead atoms. The molecule has 1 amide bonds. The second kappa shape index (κ2) is 8.71. The number of rotatable bonds is 7. The molecule has 4 nitrogen and oxygen atoms in total. The Hall–Kier alpha value is -2.04. The normalized spacial score (nSPS) is 14.4. The maximum Gasteiger partial charge on any atom is 0.257 e. The Bertz CT molecular complexity index is 659. The van der Waals surface area contributed by atoms with E-state index in [1.165, 1.54) is 12.8 Å². The number of nitrogens with one attached hydrogen (secondary N) is 1. The van der Waals surface area contributed by atoms with Gasteiger partial charge in [0.15, 0.2) is 6.61 Å². The number of ether oxygens (including phenoxy) is 1. The molecule has 2 aromatic rings. The molecule has 1 atom stereocenters. The third-order valence-corrected chi connectivity index (χ3v) is 4.09. The molecule has 1 aliphatic carbocycles. The lowest BCUT2D eigenvalue weighted by atomic mass is 10.1. The molecular formula is C19H23ClN2O2. The van der Waals surface area contributed by atoms with Gasteiger partial charge in [-0.3, -0.25) is 4.79 Å². The molecule has 0 heterocycles. The standard InChI is InChI=1S/C19H22N2O2.ClH/c20-17(15-10-11-15)12-21-19(22)13-23-18-9-5-4-8-16(18)14-6-2-1-3-7-14;/h1-9,15,17H,10-13,20H2,(H,21,22);1H. The summed E-state index contributed by atoms with van der Waals surface area (Å²) in [6, 6.07) is 17.8. The van der Waals surface area contributed by atoms with Crippen molar-refractivity contribution < 1.29 is 9.53 Å². The van der Waals surface area contributed by atoms with Crippen molar-refractivity contribution >= 4 is 18.3 Å². The number of hydrogen-bond acceptors (Lipinski definition) is 3. The molecule has 1 aliphatic rings. The Labute approximate surface area is 148 Å². The van der Waals surface area contributed by atoms with Gasteiger partial charge in [0.2, 0.25) is 0 Å². The van der Waals surface area contributed by atoms with E-state index in [1.807, 2.05) is 54.6 Å². The average Bonchev–Trinajstić information content (AvgIpc) is 3.44. The largest absolute Gasteiger partial charge is 0.483 e. The van der Waals surface area contributed by atoms with Gasteiger partial charge in [0.25, 0.3) is 5.91 Å². The summed E-state index contributed by atoms with van der Waals surface area (Å²) in [6.45, 7) is 0.522. The van der Waals surface area contributed by atoms with E-state index in [1.54, 1.807) is 0 Å². The highest BCUT2D eigenvalue weighted by molar-refractivity contribution is 5.85. The summed E-state index contributed by atoms with van der Waals surface area (Å²) >= 11 is 0. The molecule has 3 N–H and O–H groups in total. The molecule has 0 aliphatic heterocycles. The zero-order chi connectivity index (χ0) is 16.1. The minimum Gasteiger partial charge on any atom is -0.483 e. The van der Waals surface area contributed by atoms with Gasteiger partial charge in [0.05, 0.1) is 0 Å². The van der Waals surface area contributed by atoms with Crippen molar-refractivity contribution in [2.75, 3.05) is 13.2 Å². The van der Waals surface area contributed by atoms with Crippen LogP contribution in [0.25, 0.3) is 11.1 Å². The van der Waals surface area contributed by atoms with Crippen LogP contribution in [0.3, 0.4) is 0 Å². The highest BCUT2D eigenvalue weighted by atomic mass is 35.5. The van der Waals surface area contributed by atoms with E-state index >= 15 is 0 Å². The van der Waals surface area contributed by atoms with Gasteiger partial charge in [0.1, 0.15) is 5.75 Å². The Morgan fingerprint density at radius 2 is 1.79 bits per heavy atom. The SMILES string of the molecule is Cl.NC(CNC(=O)COc1ccccc1-c1ccccc1)C1CC1. The van der Waals surface area contributed by atoms with Crippen molar-refractivity contribution in [1.29, 1.82) is 0 Å². The Morgan fingerprint density at radius 3 is 2.50 bits per heavy atom. The summed E-state index contributed by atoms with van der Waals surface area (Å²) in [5.74, 6) is 1.15. The van der Waals surface area contributed by atoms with Crippen molar-refractivity contribution in [2.24, 2.45) is 11.7 Å². The fraction of sp³-hybridized carbons (Fsp3) is 0.316. The van der Waals surface area contributed by atoms with Crippen LogP contribution in [0, 0.1) is 5.92 Å². The number of carbonyl (C=O) groups is 1. The van der Waals surface area contributed by atoms with Crippen LogP contribution >= 0.6 is 12.4 Å². The third kappa shape index (κ3) is 4.98. The zero-order valence-electron chi connectivity index (χ0n) is 13.5. The van der Waals surface area contributed by atoms with Crippen LogP contribution in [-0.4, -0.2) is 25.1 Å². The summed E-state index contributed by atoms with van der Waals surface area (Å²) in [4.78, 5) is 11.9. The first kappa shape index (κ1) is 18.3. The van der Waals surface area contributed by atoms with Crippen LogP contribution in [0.1, 0.15) is 12.8 Å². The van der Waals surface area contributed by atoms with Crippen molar-refractivity contribution in [3.8, 4) is 16.9 Å². The Balaban J connectivity index is 0.00000208. The van der Waals surface area contributed by atoms with Crippen LogP contribution in [0.2, 0.25) is 0 Å². The van der Waals surface area contributed by atoms with Crippen molar-refractivity contribution in [3.05, 3.63) is 54.6 Å². The van der Waals surface area contributed by atoms with Crippen LogP contribution < -0.4 is 15.8 Å². The van der Waals surface area contributed by atoms with Gasteiger partial charge < -0.3 is 15.8 Å². The molecule has 5 heteroatoms. The quantitative estimate of drug-likeness (QED) is 0.810. The summed E-state index contributed by atoms with van der Waals surface area (Å²) in [5, 5.41) is 2.84. The average molecular weight is 347 g/mol. The molecule has 2 aromatic carbocycles. The van der Waals surface area contributed by atoms with Gasteiger partial charge in [-0.2, -0.15) is 0 Å². The summed E-state index contributed by atoms with van der Waals surface area (Å²) in [6.07, 6.45) is 2.36. The smallest absolute Gasteiger partial charge is 0.257 e. The molecule has 24 heavy (non-hydrogen) atoms. The van der Waals surface area contributed by atoms with E-state index in [-0.39, 0.29) is 31.0 Å². The van der Waals surface area contributed by atoms with Crippen LogP contribution in [0.15, 0.2) is 54.6 Å². The number of hydrogen-bond donors (Lipinski definition) is 2. The van der Waals surface area contributed by atoms with E-state index in [0.717, 1.165) is 11.1 Å². The van der Waals surface area contributed by atoms with Crippen LogP contribution in [0.4, 0.5) is 0 Å². The van der Waals surface area contributed by atoms with E-state index in [0.29, 0.717) is 18.2 Å². The molecule has 1 fully saturated rings. The molecule has 3 rings (SSSR count). The van der Waals surface area contributed by atoms with Gasteiger partial charge >= 0.3 is 0 Å². The Morgan fingerprint density at radius 1 is 1.12 bits per heavy atom. The second-order valence-corrected chi connectivity index (χ2v) is 5.96. The molecule has 0 spiro atoms. The predicted octanol–water partition coefficient (Wildman–Crippen LogP) is 3.01. The predicted molar refractivity (Wildman–Crippen MR) is 98.3 cm³/mol. The van der Waals surface area contributed by atoms with E-state index in [4.69, 9.17) is 10.5 Å². The van der Waals surface area contributed by atoms with Crippen molar-refractivity contribution in [3.63, 3.8) is 0 Å². The van der Waals surface area contributed by atoms with Crippen LogP contribution in [0.5, 0.6) is 5.75 Å². The Kier molecular flexibility index (Phi) is 6.64. The number of amides is 1. The van der Waals surface area contributed by atoms with E-state index in [2.05, 4.69) is 5.32 Å². The van der Waals surface area contributed by atoms with Gasteiger partial charge in [0, 0.05) is 18.2 Å². The lowest BCUT2D eigenvalue weighted by molar-refractivity contribution is -0.123. The first-order valence-corrected chi connectivity index (χ1v) is 8.03. The number of carbonyl (C=O) groups excluding carboxylic acids is 1. The maximum absolute atomic E-state index is 11.9. The number of halogens is 1. The maximum atomic E-state index is 11.9. The lowest BCUT2D eigenvalue weighted by Gasteiger charge is -2.14. The zero-order valence-corrected chi connectivity index (χ0v) is 14.3. The number of benzene rings is 2. The second-order valence-electron chi connectivity index (χ2n) is 5.96. The minimum absolute atomic E-state index is 0.